The van der Waals surface area contributed by atoms with E-state index in [1.807, 2.05) is 12.4 Å². The third kappa shape index (κ3) is 3.07. The van der Waals surface area contributed by atoms with Crippen molar-refractivity contribution < 1.29 is 0 Å². The Morgan fingerprint density at radius 1 is 0.588 bits per heavy atom. The second-order valence-corrected chi connectivity index (χ2v) is 8.78. The molecule has 2 heterocycles. The maximum atomic E-state index is 4.43. The maximum absolute atomic E-state index is 4.43. The van der Waals surface area contributed by atoms with Gasteiger partial charge in [0, 0.05) is 23.2 Å². The summed E-state index contributed by atoms with van der Waals surface area (Å²) in [4.78, 5) is 17.4. The van der Waals surface area contributed by atoms with Crippen molar-refractivity contribution in [1.29, 1.82) is 0 Å². The average molecular weight is 437 g/mol. The molecule has 34 heavy (non-hydrogen) atoms. The second kappa shape index (κ2) is 7.56. The van der Waals surface area contributed by atoms with Crippen LogP contribution in [0.5, 0.6) is 0 Å². The van der Waals surface area contributed by atoms with E-state index >= 15 is 0 Å². The molecule has 0 atom stereocenters. The number of nitrogens with zero attached hydrogens (tertiary/aromatic N) is 4. The van der Waals surface area contributed by atoms with Gasteiger partial charge in [0.25, 0.3) is 0 Å². The fraction of sp³-hybridized carbons (Fsp3) is 0.0667. The Bertz CT molecular complexity index is 1810. The Hall–Kier alpha value is -4.44. The Labute approximate surface area is 196 Å². The van der Waals surface area contributed by atoms with E-state index in [0.29, 0.717) is 0 Å². The molecule has 0 bridgehead atoms. The molecule has 2 aromatic heterocycles. The predicted octanol–water partition coefficient (Wildman–Crippen LogP) is 7.14. The highest BCUT2D eigenvalue weighted by atomic mass is 14.8. The third-order valence-corrected chi connectivity index (χ3v) is 6.83. The van der Waals surface area contributed by atoms with Gasteiger partial charge in [-0.25, -0.2) is 19.9 Å². The van der Waals surface area contributed by atoms with Crippen LogP contribution in [0.1, 0.15) is 24.0 Å². The summed E-state index contributed by atoms with van der Waals surface area (Å²) in [5.41, 5.74) is 7.05. The van der Waals surface area contributed by atoms with Crippen LogP contribution in [0.4, 0.5) is 0 Å². The van der Waals surface area contributed by atoms with Gasteiger partial charge in [-0.1, -0.05) is 48.6 Å². The highest BCUT2D eigenvalue weighted by Crippen LogP contribution is 2.35. The largest absolute Gasteiger partial charge is 0.244 e. The van der Waals surface area contributed by atoms with Crippen molar-refractivity contribution in [2.75, 3.05) is 0 Å². The zero-order valence-electron chi connectivity index (χ0n) is 18.4. The van der Waals surface area contributed by atoms with Crippen LogP contribution in [0.2, 0.25) is 0 Å². The standard InChI is InChI=1S/C30H20N4/c1-2-21(23-6-4-19-8-10-29-27(25(19)13-23)15-31-17-33-29)12-22(3-1)24-7-5-20-9-11-30-28(26(20)14-24)16-32-18-34-30/h2,4-18H,1,3H2. The number of allylic oxidation sites excluding steroid dienone is 4. The maximum Gasteiger partial charge on any atom is 0.116 e. The number of aromatic nitrogens is 4. The highest BCUT2D eigenvalue weighted by molar-refractivity contribution is 6.08. The third-order valence-electron chi connectivity index (χ3n) is 6.83. The summed E-state index contributed by atoms with van der Waals surface area (Å²) in [6.07, 6.45) is 13.8. The van der Waals surface area contributed by atoms with Gasteiger partial charge < -0.3 is 0 Å². The molecule has 4 nitrogen and oxygen atoms in total. The summed E-state index contributed by atoms with van der Waals surface area (Å²) >= 11 is 0. The smallest absolute Gasteiger partial charge is 0.116 e. The molecule has 1 aliphatic carbocycles. The molecule has 0 aliphatic heterocycles. The molecular weight excluding hydrogens is 416 g/mol. The highest BCUT2D eigenvalue weighted by Gasteiger charge is 2.12. The van der Waals surface area contributed by atoms with Crippen LogP contribution in [0.25, 0.3) is 54.5 Å². The minimum Gasteiger partial charge on any atom is -0.244 e. The lowest BCUT2D eigenvalue weighted by Gasteiger charge is -2.16. The lowest BCUT2D eigenvalue weighted by molar-refractivity contribution is 1.06. The minimum atomic E-state index is 0.973. The first-order chi connectivity index (χ1) is 16.8. The van der Waals surface area contributed by atoms with E-state index in [1.54, 1.807) is 12.7 Å². The van der Waals surface area contributed by atoms with Crippen LogP contribution in [0.15, 0.2) is 97.9 Å². The normalized spacial score (nSPS) is 14.0. The molecule has 4 heteroatoms. The molecule has 0 fully saturated rings. The zero-order chi connectivity index (χ0) is 22.5. The molecule has 160 valence electrons. The van der Waals surface area contributed by atoms with Crippen LogP contribution in [-0.2, 0) is 0 Å². The van der Waals surface area contributed by atoms with Crippen molar-refractivity contribution in [3.63, 3.8) is 0 Å². The van der Waals surface area contributed by atoms with Crippen LogP contribution in [-0.4, -0.2) is 19.9 Å². The second-order valence-electron chi connectivity index (χ2n) is 8.78. The van der Waals surface area contributed by atoms with E-state index < -0.39 is 0 Å². The molecule has 4 aromatic carbocycles. The first-order valence-corrected chi connectivity index (χ1v) is 11.5. The van der Waals surface area contributed by atoms with Crippen molar-refractivity contribution in [3.05, 3.63) is 109 Å². The van der Waals surface area contributed by atoms with E-state index in [2.05, 4.69) is 92.8 Å². The van der Waals surface area contributed by atoms with E-state index in [1.165, 1.54) is 43.8 Å². The van der Waals surface area contributed by atoms with E-state index in [9.17, 15) is 0 Å². The van der Waals surface area contributed by atoms with Gasteiger partial charge in [0.15, 0.2) is 0 Å². The quantitative estimate of drug-likeness (QED) is 0.271. The molecule has 0 saturated carbocycles. The van der Waals surface area contributed by atoms with Gasteiger partial charge in [0.05, 0.1) is 11.0 Å². The number of hydrogen-bond donors (Lipinski definition) is 0. The van der Waals surface area contributed by atoms with E-state index in [-0.39, 0.29) is 0 Å². The van der Waals surface area contributed by atoms with Gasteiger partial charge in [0.1, 0.15) is 12.7 Å². The molecule has 0 unspecified atom stereocenters. The molecule has 6 aromatic rings. The Kier molecular flexibility index (Phi) is 4.24. The van der Waals surface area contributed by atoms with Gasteiger partial charge >= 0.3 is 0 Å². The van der Waals surface area contributed by atoms with Crippen LogP contribution in [0.3, 0.4) is 0 Å². The van der Waals surface area contributed by atoms with Crippen molar-refractivity contribution in [1.82, 2.24) is 19.9 Å². The predicted molar refractivity (Wildman–Crippen MR) is 139 cm³/mol. The molecule has 0 amide bonds. The number of hydrogen-bond acceptors (Lipinski definition) is 4. The topological polar surface area (TPSA) is 51.6 Å². The van der Waals surface area contributed by atoms with Crippen molar-refractivity contribution in [3.8, 4) is 0 Å². The van der Waals surface area contributed by atoms with Crippen LogP contribution < -0.4 is 0 Å². The zero-order valence-corrected chi connectivity index (χ0v) is 18.4. The van der Waals surface area contributed by atoms with Crippen molar-refractivity contribution >= 4 is 54.5 Å². The molecule has 1 aliphatic rings. The van der Waals surface area contributed by atoms with Gasteiger partial charge in [0.2, 0.25) is 0 Å². The first-order valence-electron chi connectivity index (χ1n) is 11.5. The van der Waals surface area contributed by atoms with Crippen LogP contribution >= 0.6 is 0 Å². The summed E-state index contributed by atoms with van der Waals surface area (Å²) in [5, 5.41) is 6.99. The Balaban J connectivity index is 1.34. The average Bonchev–Trinajstić information content (AvgIpc) is 2.92. The Morgan fingerprint density at radius 2 is 1.18 bits per heavy atom. The number of fused-ring (bicyclic) bond motifs is 6. The number of rotatable bonds is 2. The van der Waals surface area contributed by atoms with Gasteiger partial charge in [-0.15, -0.1) is 0 Å². The molecule has 0 spiro atoms. The summed E-state index contributed by atoms with van der Waals surface area (Å²) in [6.45, 7) is 0. The molecule has 0 N–H and O–H groups in total. The molecule has 0 saturated heterocycles. The van der Waals surface area contributed by atoms with Gasteiger partial charge in [-0.05, 0) is 80.9 Å². The van der Waals surface area contributed by atoms with E-state index in [0.717, 1.165) is 34.6 Å². The summed E-state index contributed by atoms with van der Waals surface area (Å²) in [5.74, 6) is 0. The minimum absolute atomic E-state index is 0.973. The number of benzene rings is 4. The molecular formula is C30H20N4. The summed E-state index contributed by atoms with van der Waals surface area (Å²) in [7, 11) is 0. The SMILES string of the molecule is C1=C(c2ccc3ccc4ncncc4c3c2)C=C(c2ccc3ccc4ncncc4c3c2)CC1. The fourth-order valence-corrected chi connectivity index (χ4v) is 5.08. The Morgan fingerprint density at radius 3 is 1.85 bits per heavy atom. The fourth-order valence-electron chi connectivity index (χ4n) is 5.08. The lowest BCUT2D eigenvalue weighted by atomic mass is 9.89. The molecule has 0 radical (unpaired) electrons. The van der Waals surface area contributed by atoms with Crippen molar-refractivity contribution in [2.24, 2.45) is 0 Å². The van der Waals surface area contributed by atoms with Crippen LogP contribution in [0, 0.1) is 0 Å². The monoisotopic (exact) mass is 436 g/mol. The lowest BCUT2D eigenvalue weighted by Crippen LogP contribution is -1.94. The van der Waals surface area contributed by atoms with Gasteiger partial charge in [-0.2, -0.15) is 0 Å². The molecule has 7 rings (SSSR count). The summed E-state index contributed by atoms with van der Waals surface area (Å²) in [6, 6.07) is 21.8. The van der Waals surface area contributed by atoms with Crippen molar-refractivity contribution in [2.45, 2.75) is 12.8 Å². The first kappa shape index (κ1) is 19.1. The summed E-state index contributed by atoms with van der Waals surface area (Å²) < 4.78 is 0. The van der Waals surface area contributed by atoms with E-state index in [4.69, 9.17) is 0 Å². The van der Waals surface area contributed by atoms with Gasteiger partial charge in [-0.3, -0.25) is 0 Å².